The zero-order valence-corrected chi connectivity index (χ0v) is 69.9. The van der Waals surface area contributed by atoms with Crippen molar-refractivity contribution >= 4 is 130 Å². The molecule has 1 aliphatic rings. The van der Waals surface area contributed by atoms with Crippen molar-refractivity contribution in [2.45, 2.75) is 167 Å². The summed E-state index contributed by atoms with van der Waals surface area (Å²) in [6.45, 7) is 23.2. The number of amides is 8. The molecule has 0 saturated carbocycles. The number of nitrogens with two attached hydrogens (primary N) is 1. The molecule has 590 valence electrons. The predicted molar refractivity (Wildman–Crippen MR) is 423 cm³/mol. The van der Waals surface area contributed by atoms with Crippen molar-refractivity contribution in [2.75, 3.05) is 54.9 Å². The first-order chi connectivity index (χ1) is 52.3. The lowest BCUT2D eigenvalue weighted by atomic mass is 10.0. The van der Waals surface area contributed by atoms with Gasteiger partial charge in [-0.05, 0) is 80.8 Å². The number of ether oxygens (including phenoxy) is 5. The molecule has 0 unspecified atom stereocenters. The monoisotopic (exact) mass is 1640 g/mol. The zero-order valence-electron chi connectivity index (χ0n) is 64.0. The summed E-state index contributed by atoms with van der Waals surface area (Å²) < 4.78 is 34.0. The van der Waals surface area contributed by atoms with Crippen molar-refractivity contribution < 1.29 is 71.3 Å². The van der Waals surface area contributed by atoms with E-state index in [1.807, 2.05) is 49.6 Å². The Morgan fingerprint density at radius 1 is 0.655 bits per heavy atom. The largest absolute Gasteiger partial charge is 0.464 e. The van der Waals surface area contributed by atoms with Crippen LogP contribution in [0.4, 0.5) is 4.79 Å². The number of thiazole rings is 6. The molecule has 7 aromatic heterocycles. The molecule has 8 aromatic rings. The number of rotatable bonds is 35. The van der Waals surface area contributed by atoms with Gasteiger partial charge in [0.15, 0.2) is 5.69 Å². The Morgan fingerprint density at radius 3 is 1.94 bits per heavy atom. The van der Waals surface area contributed by atoms with Crippen LogP contribution in [0.25, 0.3) is 43.4 Å². The molecule has 8 heterocycles. The number of carbonyl (C=O) groups excluding carboxylic acids is 9. The van der Waals surface area contributed by atoms with E-state index in [0.717, 1.165) is 39.6 Å². The molecular formula is C73H93N15O15S6Si. The van der Waals surface area contributed by atoms with Gasteiger partial charge in [0, 0.05) is 59.8 Å². The maximum absolute atomic E-state index is 14.7. The van der Waals surface area contributed by atoms with Crippen molar-refractivity contribution in [3.63, 3.8) is 0 Å². The van der Waals surface area contributed by atoms with Crippen molar-refractivity contribution in [1.82, 2.24) is 71.7 Å². The first-order valence-electron chi connectivity index (χ1n) is 35.5. The number of primary amides is 1. The molecule has 8 amide bonds. The van der Waals surface area contributed by atoms with Gasteiger partial charge >= 0.3 is 12.1 Å². The first-order valence-corrected chi connectivity index (χ1v) is 42.8. The second-order valence-corrected chi connectivity index (χ2v) is 39.4. The highest BCUT2D eigenvalue weighted by Crippen LogP contribution is 2.49. The van der Waals surface area contributed by atoms with E-state index in [1.54, 1.807) is 50.6 Å². The minimum absolute atomic E-state index is 0.0328. The minimum atomic E-state index is -2.74. The second-order valence-electron chi connectivity index (χ2n) is 28.1. The van der Waals surface area contributed by atoms with E-state index in [1.165, 1.54) is 72.7 Å². The molecule has 1 aromatic carbocycles. The number of aromatic nitrogens is 7. The van der Waals surface area contributed by atoms with Crippen LogP contribution in [0.2, 0.25) is 16.6 Å². The summed E-state index contributed by atoms with van der Waals surface area (Å²) in [6.07, 6.45) is -0.866. The fourth-order valence-electron chi connectivity index (χ4n) is 12.9. The smallest absolute Gasteiger partial charge is 0.408 e. The quantitative estimate of drug-likeness (QED) is 0.00839. The van der Waals surface area contributed by atoms with Gasteiger partial charge in [0.2, 0.25) is 31.9 Å². The van der Waals surface area contributed by atoms with E-state index < -0.39 is 110 Å². The number of benzene rings is 1. The van der Waals surface area contributed by atoms with E-state index in [4.69, 9.17) is 63.7 Å². The van der Waals surface area contributed by atoms with Crippen LogP contribution < -0.4 is 37.6 Å². The lowest BCUT2D eigenvalue weighted by Crippen LogP contribution is -2.54. The van der Waals surface area contributed by atoms with Gasteiger partial charge in [0.25, 0.3) is 17.7 Å². The number of alkyl carbamates (subject to hydrolysis) is 1. The van der Waals surface area contributed by atoms with Crippen LogP contribution in [0.3, 0.4) is 0 Å². The lowest BCUT2D eigenvalue weighted by molar-refractivity contribution is -0.141. The van der Waals surface area contributed by atoms with Crippen LogP contribution in [0.15, 0.2) is 64.0 Å². The van der Waals surface area contributed by atoms with Crippen LogP contribution >= 0.6 is 68.0 Å². The number of nitrogens with one attached hydrogen (secondary N) is 6. The van der Waals surface area contributed by atoms with Crippen molar-refractivity contribution in [3.8, 4) is 43.4 Å². The zero-order chi connectivity index (χ0) is 80.1. The maximum Gasteiger partial charge on any atom is 0.408 e. The molecule has 110 heavy (non-hydrogen) atoms. The maximum atomic E-state index is 14.7. The molecule has 0 aliphatic carbocycles. The van der Waals surface area contributed by atoms with E-state index in [0.29, 0.717) is 70.3 Å². The van der Waals surface area contributed by atoms with Gasteiger partial charge in [0.1, 0.15) is 101 Å². The summed E-state index contributed by atoms with van der Waals surface area (Å²) in [7, 11) is 2.88. The molecule has 6 atom stereocenters. The highest BCUT2D eigenvalue weighted by Gasteiger charge is 2.49. The highest BCUT2D eigenvalue weighted by molar-refractivity contribution is 7.15. The van der Waals surface area contributed by atoms with Crippen molar-refractivity contribution in [3.05, 3.63) is 117 Å². The number of aryl methyl sites for hydroxylation is 1. The number of hydrogen-bond acceptors (Lipinski definition) is 28. The highest BCUT2D eigenvalue weighted by atomic mass is 32.1. The fraction of sp³-hybridized carbons (Fsp3) is 0.479. The van der Waals surface area contributed by atoms with Gasteiger partial charge < -0.3 is 70.6 Å². The Hall–Kier alpha value is -8.76. The van der Waals surface area contributed by atoms with E-state index in [2.05, 4.69) is 78.4 Å². The Balaban J connectivity index is 1.07. The Bertz CT molecular complexity index is 4560. The molecule has 1 aliphatic heterocycles. The van der Waals surface area contributed by atoms with Crippen LogP contribution in [0, 0.1) is 12.8 Å². The average Bonchev–Trinajstić information content (AvgIpc) is 1.23. The van der Waals surface area contributed by atoms with Gasteiger partial charge in [-0.3, -0.25) is 33.6 Å². The normalized spacial score (nSPS) is 14.6. The molecule has 9 rings (SSSR count). The van der Waals surface area contributed by atoms with Crippen LogP contribution in [0.1, 0.15) is 192 Å². The summed E-state index contributed by atoms with van der Waals surface area (Å²) in [5, 5.41) is 26.1. The van der Waals surface area contributed by atoms with Crippen molar-refractivity contribution in [1.29, 1.82) is 0 Å². The molecule has 0 radical (unpaired) electrons. The van der Waals surface area contributed by atoms with Gasteiger partial charge in [-0.2, -0.15) is 0 Å². The van der Waals surface area contributed by atoms with E-state index >= 15 is 0 Å². The third kappa shape index (κ3) is 20.7. The first kappa shape index (κ1) is 85.2. The SMILES string of the molecule is CNC(=O)C[C@H](NC(=O)c1csc(-c2ccc(-c3nc(C(=O)N[C@@H](COCOC)C(=O)N4CCC[C@H]4C(N)=O)cs3)nc2-c2csc(-c3csc([C@H](NC(=O)CNC(=O)OC(C)(C)C)[C@@H](O[Si](C(C)C)(C(C)C)C(C)C)c4ccccc4)n3)n2)n1)c1nc(C(=O)N[C@H](c2nc(C(=O)OC)c(COC)s2)C(C)C)c(C)s1. The standard InChI is InChI=1S/C73H93N15O15S6Si/c1-36(2)54(69-87-57(71(96)100-16)51(109-69)30-98-14)85-63(94)55-40(9)108-67(86-55)44(27-52(89)75-13)78-61(92)47-32-104-64(81-47)42-24-25-43(65-82-48(33-106-65)62(93)79-45(29-101-35-99-15)70(95)88-26-20-23-50(88)60(74)91)77-56(42)46-31-105-66(80-46)49-34-107-68(83-49)58(84-53(90)28-76-72(97)102-73(10,11)12)59(41-21-18-17-19-22-41)103-110(37(3)4,38(5)6)39(7)8/h17-19,21-22,24-25,31-34,36-39,44-45,50,54,58-59H,20,23,26-30,35H2,1-16H3,(H2,74,91)(H,75,89)(H,76,97)(H,78,92)(H,79,93)(H,84,90)(H,85,94)/t44-,45-,50-,54-,58+,59-/m0/s1. The van der Waals surface area contributed by atoms with Gasteiger partial charge in [-0.15, -0.1) is 68.0 Å². The molecule has 0 spiro atoms. The average molecular weight is 1640 g/mol. The number of methoxy groups -OCH3 is 3. The molecule has 1 saturated heterocycles. The summed E-state index contributed by atoms with van der Waals surface area (Å²) in [6, 6.07) is 8.40. The minimum Gasteiger partial charge on any atom is -0.464 e. The lowest BCUT2D eigenvalue weighted by Gasteiger charge is -2.46. The summed E-state index contributed by atoms with van der Waals surface area (Å²) in [5.74, 6) is -4.97. The topological polar surface area (TPSA) is 401 Å². The van der Waals surface area contributed by atoms with Crippen LogP contribution in [-0.2, 0) is 53.9 Å². The van der Waals surface area contributed by atoms with E-state index in [-0.39, 0.29) is 89.0 Å². The predicted octanol–water partition coefficient (Wildman–Crippen LogP) is 11.3. The summed E-state index contributed by atoms with van der Waals surface area (Å²) in [4.78, 5) is 159. The Morgan fingerprint density at radius 2 is 1.30 bits per heavy atom. The number of esters is 1. The number of carbonyl (C=O) groups is 9. The number of nitrogens with zero attached hydrogens (tertiary/aromatic N) is 8. The Labute approximate surface area is 662 Å². The molecule has 30 nitrogen and oxygen atoms in total. The van der Waals surface area contributed by atoms with Crippen LogP contribution in [-0.4, -0.2) is 174 Å². The second kappa shape index (κ2) is 38.0. The van der Waals surface area contributed by atoms with E-state index in [9.17, 15) is 43.2 Å². The van der Waals surface area contributed by atoms with Gasteiger partial charge in [0.05, 0.1) is 55.5 Å². The number of likely N-dealkylation sites (tertiary alicyclic amines) is 1. The molecule has 0 bridgehead atoms. The third-order valence-electron chi connectivity index (χ3n) is 18.0. The van der Waals surface area contributed by atoms with Gasteiger partial charge in [-0.1, -0.05) is 85.7 Å². The third-order valence-corrected chi connectivity index (χ3v) is 29.8. The molecule has 37 heteroatoms. The van der Waals surface area contributed by atoms with Crippen LogP contribution in [0.5, 0.6) is 0 Å². The molecule has 8 N–H and O–H groups in total. The van der Waals surface area contributed by atoms with Crippen molar-refractivity contribution in [2.24, 2.45) is 11.7 Å². The fourth-order valence-corrected chi connectivity index (χ4v) is 24.0. The number of hydrogen-bond donors (Lipinski definition) is 7. The molecular weight excluding hydrogens is 1550 g/mol. The summed E-state index contributed by atoms with van der Waals surface area (Å²) in [5.41, 5.74) is 7.98. The summed E-state index contributed by atoms with van der Waals surface area (Å²) >= 11 is 7.13. The van der Waals surface area contributed by atoms with Gasteiger partial charge in [-0.25, -0.2) is 44.5 Å². The Kier molecular flexibility index (Phi) is 29.4. The molecule has 1 fully saturated rings. The number of pyridine rings is 1.